The third-order valence-electron chi connectivity index (χ3n) is 4.59. The van der Waals surface area contributed by atoms with Gasteiger partial charge in [-0.2, -0.15) is 0 Å². The van der Waals surface area contributed by atoms with E-state index >= 15 is 0 Å². The van der Waals surface area contributed by atoms with Gasteiger partial charge in [-0.1, -0.05) is 18.9 Å². The number of anilines is 1. The maximum absolute atomic E-state index is 5.81. The minimum Gasteiger partial charge on any atom is -0.496 e. The van der Waals surface area contributed by atoms with Gasteiger partial charge in [0, 0.05) is 23.7 Å². The van der Waals surface area contributed by atoms with E-state index in [4.69, 9.17) is 15.2 Å². The molecule has 5 heteroatoms. The Bertz CT molecular complexity index is 697. The molecule has 0 bridgehead atoms. The summed E-state index contributed by atoms with van der Waals surface area (Å²) in [7, 11) is 3.36. The quantitative estimate of drug-likeness (QED) is 0.851. The standard InChI is InChI=1S/C19H25N3O2/c1-23-17-11-15(16-8-5-9-19(20)22-16)18(24-2)10-13(17)12-21-14-6-3-4-7-14/h5,8-11,14,21H,3-4,6-7,12H2,1-2H3,(H2,20,22). The smallest absolute Gasteiger partial charge is 0.128 e. The molecular weight excluding hydrogens is 302 g/mol. The third kappa shape index (κ3) is 3.62. The minimum absolute atomic E-state index is 0.487. The summed E-state index contributed by atoms with van der Waals surface area (Å²) in [6.45, 7) is 0.773. The monoisotopic (exact) mass is 327 g/mol. The van der Waals surface area contributed by atoms with Crippen LogP contribution in [0.5, 0.6) is 11.5 Å². The molecule has 2 aromatic rings. The van der Waals surface area contributed by atoms with Crippen molar-refractivity contribution in [1.29, 1.82) is 0 Å². The van der Waals surface area contributed by atoms with Crippen molar-refractivity contribution in [2.45, 2.75) is 38.3 Å². The molecule has 1 aromatic heterocycles. The minimum atomic E-state index is 0.487. The van der Waals surface area contributed by atoms with E-state index in [9.17, 15) is 0 Å². The SMILES string of the molecule is COc1cc(-c2cccc(N)n2)c(OC)cc1CNC1CCCC1. The average molecular weight is 327 g/mol. The van der Waals surface area contributed by atoms with Crippen LogP contribution in [0.2, 0.25) is 0 Å². The van der Waals surface area contributed by atoms with Crippen LogP contribution in [0.3, 0.4) is 0 Å². The molecule has 5 nitrogen and oxygen atoms in total. The van der Waals surface area contributed by atoms with Gasteiger partial charge in [0.15, 0.2) is 0 Å². The van der Waals surface area contributed by atoms with Crippen molar-refractivity contribution in [1.82, 2.24) is 10.3 Å². The normalized spacial score (nSPS) is 14.8. The summed E-state index contributed by atoms with van der Waals surface area (Å²) in [5.74, 6) is 2.10. The molecule has 3 N–H and O–H groups in total. The first-order valence-corrected chi connectivity index (χ1v) is 8.42. The molecule has 1 heterocycles. The molecule has 128 valence electrons. The van der Waals surface area contributed by atoms with Gasteiger partial charge in [0.05, 0.1) is 19.9 Å². The number of methoxy groups -OCH3 is 2. The second kappa shape index (κ2) is 7.53. The fraction of sp³-hybridized carbons (Fsp3) is 0.421. The van der Waals surface area contributed by atoms with Gasteiger partial charge in [0.1, 0.15) is 17.3 Å². The van der Waals surface area contributed by atoms with Gasteiger partial charge in [-0.05, 0) is 37.1 Å². The highest BCUT2D eigenvalue weighted by Crippen LogP contribution is 2.35. The van der Waals surface area contributed by atoms with Gasteiger partial charge in [-0.3, -0.25) is 0 Å². The predicted octanol–water partition coefficient (Wildman–Crippen LogP) is 3.38. The van der Waals surface area contributed by atoms with Crippen molar-refractivity contribution in [3.63, 3.8) is 0 Å². The molecule has 0 aliphatic heterocycles. The first kappa shape index (κ1) is 16.6. The van der Waals surface area contributed by atoms with Crippen molar-refractivity contribution in [3.8, 4) is 22.8 Å². The average Bonchev–Trinajstić information content (AvgIpc) is 3.12. The van der Waals surface area contributed by atoms with E-state index < -0.39 is 0 Å². The van der Waals surface area contributed by atoms with E-state index in [1.807, 2.05) is 24.3 Å². The van der Waals surface area contributed by atoms with Crippen molar-refractivity contribution in [3.05, 3.63) is 35.9 Å². The lowest BCUT2D eigenvalue weighted by atomic mass is 10.0. The molecule has 3 rings (SSSR count). The van der Waals surface area contributed by atoms with Crippen LogP contribution in [-0.2, 0) is 6.54 Å². The van der Waals surface area contributed by atoms with Crippen molar-refractivity contribution < 1.29 is 9.47 Å². The van der Waals surface area contributed by atoms with Gasteiger partial charge in [-0.25, -0.2) is 4.98 Å². The second-order valence-corrected chi connectivity index (χ2v) is 6.17. The Kier molecular flexibility index (Phi) is 5.20. The Morgan fingerprint density at radius 2 is 1.88 bits per heavy atom. The molecule has 0 atom stereocenters. The van der Waals surface area contributed by atoms with Crippen LogP contribution in [0.25, 0.3) is 11.3 Å². The highest BCUT2D eigenvalue weighted by Gasteiger charge is 2.17. The lowest BCUT2D eigenvalue weighted by molar-refractivity contribution is 0.396. The Balaban J connectivity index is 1.90. The highest BCUT2D eigenvalue weighted by molar-refractivity contribution is 5.71. The number of hydrogen-bond donors (Lipinski definition) is 2. The van der Waals surface area contributed by atoms with Crippen LogP contribution in [-0.4, -0.2) is 25.2 Å². The number of nitrogens with two attached hydrogens (primary N) is 1. The van der Waals surface area contributed by atoms with Crippen LogP contribution in [0.15, 0.2) is 30.3 Å². The van der Waals surface area contributed by atoms with Crippen molar-refractivity contribution >= 4 is 5.82 Å². The predicted molar refractivity (Wildman–Crippen MR) is 96.3 cm³/mol. The number of aromatic nitrogens is 1. The zero-order valence-corrected chi connectivity index (χ0v) is 14.3. The summed E-state index contributed by atoms with van der Waals surface area (Å²) in [4.78, 5) is 4.39. The molecule has 1 saturated carbocycles. The molecule has 0 amide bonds. The Morgan fingerprint density at radius 1 is 1.12 bits per heavy atom. The van der Waals surface area contributed by atoms with E-state index in [0.717, 1.165) is 34.9 Å². The van der Waals surface area contributed by atoms with E-state index in [1.165, 1.54) is 25.7 Å². The summed E-state index contributed by atoms with van der Waals surface area (Å²) in [5.41, 5.74) is 8.56. The van der Waals surface area contributed by atoms with Gasteiger partial charge >= 0.3 is 0 Å². The molecule has 1 aliphatic carbocycles. The van der Waals surface area contributed by atoms with Crippen LogP contribution in [0, 0.1) is 0 Å². The molecule has 0 unspecified atom stereocenters. The lowest BCUT2D eigenvalue weighted by Gasteiger charge is -2.17. The molecule has 0 spiro atoms. The maximum atomic E-state index is 5.81. The topological polar surface area (TPSA) is 69.4 Å². The number of benzene rings is 1. The van der Waals surface area contributed by atoms with Crippen molar-refractivity contribution in [2.75, 3.05) is 20.0 Å². The van der Waals surface area contributed by atoms with Crippen LogP contribution in [0.4, 0.5) is 5.82 Å². The van der Waals surface area contributed by atoms with E-state index in [0.29, 0.717) is 11.9 Å². The first-order valence-electron chi connectivity index (χ1n) is 8.42. The Morgan fingerprint density at radius 3 is 2.54 bits per heavy atom. The van der Waals surface area contributed by atoms with Gasteiger partial charge in [-0.15, -0.1) is 0 Å². The Labute approximate surface area is 143 Å². The molecule has 0 radical (unpaired) electrons. The van der Waals surface area contributed by atoms with Crippen LogP contribution in [0.1, 0.15) is 31.2 Å². The van der Waals surface area contributed by atoms with Crippen LogP contribution < -0.4 is 20.5 Å². The molecule has 24 heavy (non-hydrogen) atoms. The van der Waals surface area contributed by atoms with E-state index in [1.54, 1.807) is 20.3 Å². The molecule has 1 fully saturated rings. The Hall–Kier alpha value is -2.27. The molecular formula is C19H25N3O2. The summed E-state index contributed by atoms with van der Waals surface area (Å²) in [6, 6.07) is 10.2. The summed E-state index contributed by atoms with van der Waals surface area (Å²) in [6.07, 6.45) is 5.14. The first-order chi connectivity index (χ1) is 11.7. The van der Waals surface area contributed by atoms with Crippen LogP contribution >= 0.6 is 0 Å². The number of nitrogens with zero attached hydrogens (tertiary/aromatic N) is 1. The second-order valence-electron chi connectivity index (χ2n) is 6.17. The summed E-state index contributed by atoms with van der Waals surface area (Å²) >= 11 is 0. The zero-order valence-electron chi connectivity index (χ0n) is 14.3. The molecule has 0 saturated heterocycles. The number of nitrogens with one attached hydrogen (secondary N) is 1. The van der Waals surface area contributed by atoms with Gasteiger partial charge in [0.25, 0.3) is 0 Å². The molecule has 1 aromatic carbocycles. The fourth-order valence-corrected chi connectivity index (χ4v) is 3.28. The number of hydrogen-bond acceptors (Lipinski definition) is 5. The van der Waals surface area contributed by atoms with Gasteiger partial charge in [0.2, 0.25) is 0 Å². The lowest BCUT2D eigenvalue weighted by Crippen LogP contribution is -2.25. The zero-order chi connectivity index (χ0) is 16.9. The fourth-order valence-electron chi connectivity index (χ4n) is 3.28. The van der Waals surface area contributed by atoms with Gasteiger partial charge < -0.3 is 20.5 Å². The number of nitrogen functional groups attached to an aromatic ring is 1. The summed E-state index contributed by atoms with van der Waals surface area (Å²) in [5, 5.41) is 3.62. The van der Waals surface area contributed by atoms with Crippen molar-refractivity contribution in [2.24, 2.45) is 0 Å². The number of rotatable bonds is 6. The van der Waals surface area contributed by atoms with E-state index in [2.05, 4.69) is 10.3 Å². The summed E-state index contributed by atoms with van der Waals surface area (Å²) < 4.78 is 11.2. The maximum Gasteiger partial charge on any atom is 0.128 e. The number of pyridine rings is 1. The largest absolute Gasteiger partial charge is 0.496 e. The number of ether oxygens (including phenoxy) is 2. The molecule has 1 aliphatic rings. The third-order valence-corrected chi connectivity index (χ3v) is 4.59. The van der Waals surface area contributed by atoms with E-state index in [-0.39, 0.29) is 0 Å². The highest BCUT2D eigenvalue weighted by atomic mass is 16.5.